The monoisotopic (exact) mass is 540 g/mol. The molecule has 1 unspecified atom stereocenters. The van der Waals surface area contributed by atoms with E-state index in [0.29, 0.717) is 28.6 Å². The van der Waals surface area contributed by atoms with E-state index in [0.717, 1.165) is 41.0 Å². The second kappa shape index (κ2) is 11.7. The van der Waals surface area contributed by atoms with E-state index in [4.69, 9.17) is 4.74 Å². The van der Waals surface area contributed by atoms with E-state index in [9.17, 15) is 19.6 Å². The van der Waals surface area contributed by atoms with Gasteiger partial charge in [0.1, 0.15) is 22.9 Å². The SMILES string of the molecule is CCOc1ccc(N2C(=O)CC(N(Cc3ccccc3)C(=O)CSc3nc4c(cc3C#N)CCC4)C2=O)cc1. The Bertz CT molecular complexity index is 1440. The smallest absolute Gasteiger partial charge is 0.257 e. The first-order valence-corrected chi connectivity index (χ1v) is 14.0. The predicted octanol–water partition coefficient (Wildman–Crippen LogP) is 4.29. The van der Waals surface area contributed by atoms with Crippen LogP contribution >= 0.6 is 11.8 Å². The molecule has 2 heterocycles. The topological polar surface area (TPSA) is 104 Å². The maximum absolute atomic E-state index is 13.6. The van der Waals surface area contributed by atoms with E-state index in [-0.39, 0.29) is 30.5 Å². The van der Waals surface area contributed by atoms with Crippen LogP contribution in [0.1, 0.15) is 42.1 Å². The minimum Gasteiger partial charge on any atom is -0.494 e. The van der Waals surface area contributed by atoms with Crippen molar-refractivity contribution in [1.29, 1.82) is 5.26 Å². The van der Waals surface area contributed by atoms with Crippen molar-refractivity contribution in [3.63, 3.8) is 0 Å². The van der Waals surface area contributed by atoms with Crippen LogP contribution in [-0.4, -0.2) is 46.0 Å². The molecule has 0 saturated carbocycles. The lowest BCUT2D eigenvalue weighted by Gasteiger charge is -2.28. The number of hydrogen-bond donors (Lipinski definition) is 0. The van der Waals surface area contributed by atoms with Crippen molar-refractivity contribution in [3.05, 3.63) is 83.0 Å². The first kappa shape index (κ1) is 26.4. The molecule has 1 atom stereocenters. The predicted molar refractivity (Wildman–Crippen MR) is 147 cm³/mol. The number of nitriles is 1. The van der Waals surface area contributed by atoms with Gasteiger partial charge in [-0.3, -0.25) is 14.4 Å². The molecule has 9 heteroatoms. The minimum absolute atomic E-state index is 0.00563. The van der Waals surface area contributed by atoms with Gasteiger partial charge in [0, 0.05) is 12.2 Å². The van der Waals surface area contributed by atoms with Crippen molar-refractivity contribution in [2.24, 2.45) is 0 Å². The average molecular weight is 541 g/mol. The first-order chi connectivity index (χ1) is 19.0. The summed E-state index contributed by atoms with van der Waals surface area (Å²) in [6, 6.07) is 19.3. The lowest BCUT2D eigenvalue weighted by molar-refractivity contribution is -0.136. The fourth-order valence-corrected chi connectivity index (χ4v) is 5.86. The second-order valence-electron chi connectivity index (χ2n) is 9.42. The molecule has 1 aliphatic carbocycles. The summed E-state index contributed by atoms with van der Waals surface area (Å²) in [4.78, 5) is 47.6. The molecule has 8 nitrogen and oxygen atoms in total. The van der Waals surface area contributed by atoms with Gasteiger partial charge in [-0.1, -0.05) is 42.1 Å². The quantitative estimate of drug-likeness (QED) is 0.295. The van der Waals surface area contributed by atoms with Crippen LogP contribution in [-0.2, 0) is 33.8 Å². The summed E-state index contributed by atoms with van der Waals surface area (Å²) in [6.07, 6.45) is 2.68. The molecular formula is C30H28N4O4S. The highest BCUT2D eigenvalue weighted by Gasteiger charge is 2.44. The molecule has 0 N–H and O–H groups in total. The molecule has 1 aromatic heterocycles. The highest BCUT2D eigenvalue weighted by atomic mass is 32.2. The summed E-state index contributed by atoms with van der Waals surface area (Å²) in [5, 5.41) is 10.2. The third-order valence-corrected chi connectivity index (χ3v) is 7.87. The number of rotatable bonds is 9. The van der Waals surface area contributed by atoms with Gasteiger partial charge >= 0.3 is 0 Å². The number of nitrogens with zero attached hydrogens (tertiary/aromatic N) is 4. The molecule has 3 amide bonds. The van der Waals surface area contributed by atoms with Crippen molar-refractivity contribution in [2.75, 3.05) is 17.3 Å². The summed E-state index contributed by atoms with van der Waals surface area (Å²) in [5.41, 5.74) is 3.82. The lowest BCUT2D eigenvalue weighted by Crippen LogP contribution is -2.45. The molecule has 198 valence electrons. The number of anilines is 1. The van der Waals surface area contributed by atoms with Crippen molar-refractivity contribution < 1.29 is 19.1 Å². The van der Waals surface area contributed by atoms with Crippen LogP contribution in [0.25, 0.3) is 0 Å². The number of pyridine rings is 1. The number of fused-ring (bicyclic) bond motifs is 1. The van der Waals surface area contributed by atoms with Crippen LogP contribution in [0.2, 0.25) is 0 Å². The Hall–Kier alpha value is -4.16. The Balaban J connectivity index is 1.38. The number of aryl methyl sites for hydroxylation is 2. The number of ether oxygens (including phenoxy) is 1. The van der Waals surface area contributed by atoms with Crippen molar-refractivity contribution in [2.45, 2.75) is 50.2 Å². The molecule has 2 aliphatic rings. The molecule has 0 bridgehead atoms. The van der Waals surface area contributed by atoms with Crippen LogP contribution in [0.15, 0.2) is 65.7 Å². The normalized spacial score (nSPS) is 16.2. The lowest BCUT2D eigenvalue weighted by atomic mass is 10.1. The fraction of sp³-hybridized carbons (Fsp3) is 0.300. The van der Waals surface area contributed by atoms with Gasteiger partial charge in [-0.25, -0.2) is 9.88 Å². The molecular weight excluding hydrogens is 512 g/mol. The van der Waals surface area contributed by atoms with Crippen LogP contribution < -0.4 is 9.64 Å². The van der Waals surface area contributed by atoms with E-state index < -0.39 is 11.9 Å². The standard InChI is InChI=1S/C30H28N4O4S/c1-2-38-24-13-11-23(12-14-24)34-27(35)16-26(30(34)37)33(18-20-7-4-3-5-8-20)28(36)19-39-29-22(17-31)15-21-9-6-10-25(21)32-29/h3-5,7-8,11-15,26H,2,6,9-10,16,18-19H2,1H3. The minimum atomic E-state index is -0.930. The van der Waals surface area contributed by atoms with Crippen molar-refractivity contribution in [1.82, 2.24) is 9.88 Å². The fourth-order valence-electron chi connectivity index (χ4n) is 5.00. The summed E-state index contributed by atoms with van der Waals surface area (Å²) in [5.74, 6) is -0.457. The number of amides is 3. The first-order valence-electron chi connectivity index (χ1n) is 13.0. The summed E-state index contributed by atoms with van der Waals surface area (Å²) in [7, 11) is 0. The van der Waals surface area contributed by atoms with E-state index in [1.807, 2.05) is 43.3 Å². The number of hydrogen-bond acceptors (Lipinski definition) is 7. The second-order valence-corrected chi connectivity index (χ2v) is 10.4. The molecule has 1 saturated heterocycles. The molecule has 0 radical (unpaired) electrons. The van der Waals surface area contributed by atoms with Gasteiger partial charge in [-0.2, -0.15) is 5.26 Å². The van der Waals surface area contributed by atoms with Crippen LogP contribution in [0.5, 0.6) is 5.75 Å². The van der Waals surface area contributed by atoms with E-state index in [1.54, 1.807) is 24.3 Å². The molecule has 1 fully saturated rings. The van der Waals surface area contributed by atoms with Gasteiger partial charge in [0.05, 0.1) is 30.0 Å². The van der Waals surface area contributed by atoms with Gasteiger partial charge in [-0.05, 0) is 67.6 Å². The number of aromatic nitrogens is 1. The zero-order valence-electron chi connectivity index (χ0n) is 21.6. The number of thioether (sulfide) groups is 1. The Kier molecular flexibility index (Phi) is 7.94. The van der Waals surface area contributed by atoms with E-state index in [2.05, 4.69) is 11.1 Å². The summed E-state index contributed by atoms with van der Waals surface area (Å²) in [6.45, 7) is 2.57. The Morgan fingerprint density at radius 3 is 2.64 bits per heavy atom. The molecule has 1 aliphatic heterocycles. The molecule has 0 spiro atoms. The molecule has 5 rings (SSSR count). The average Bonchev–Trinajstić information content (AvgIpc) is 3.53. The van der Waals surface area contributed by atoms with Gasteiger partial charge in [0.15, 0.2) is 0 Å². The third-order valence-electron chi connectivity index (χ3n) is 6.89. The zero-order valence-corrected chi connectivity index (χ0v) is 22.4. The largest absolute Gasteiger partial charge is 0.494 e. The summed E-state index contributed by atoms with van der Waals surface area (Å²) < 4.78 is 5.47. The van der Waals surface area contributed by atoms with Crippen LogP contribution in [0.4, 0.5) is 5.69 Å². The number of carbonyl (C=O) groups is 3. The number of benzene rings is 2. The Morgan fingerprint density at radius 1 is 1.15 bits per heavy atom. The highest BCUT2D eigenvalue weighted by molar-refractivity contribution is 8.00. The number of imide groups is 1. The summed E-state index contributed by atoms with van der Waals surface area (Å²) >= 11 is 1.20. The Morgan fingerprint density at radius 2 is 1.92 bits per heavy atom. The van der Waals surface area contributed by atoms with Gasteiger partial charge in [0.2, 0.25) is 11.8 Å². The number of carbonyl (C=O) groups excluding carboxylic acids is 3. The van der Waals surface area contributed by atoms with Crippen LogP contribution in [0, 0.1) is 11.3 Å². The third kappa shape index (κ3) is 5.66. The Labute approximate surface area is 231 Å². The molecule has 2 aromatic carbocycles. The molecule has 39 heavy (non-hydrogen) atoms. The maximum Gasteiger partial charge on any atom is 0.257 e. The van der Waals surface area contributed by atoms with Gasteiger partial charge < -0.3 is 9.64 Å². The van der Waals surface area contributed by atoms with Gasteiger partial charge in [-0.15, -0.1) is 0 Å². The van der Waals surface area contributed by atoms with E-state index >= 15 is 0 Å². The molecule has 3 aromatic rings. The van der Waals surface area contributed by atoms with E-state index in [1.165, 1.54) is 16.7 Å². The van der Waals surface area contributed by atoms with Crippen molar-refractivity contribution in [3.8, 4) is 11.8 Å². The highest BCUT2D eigenvalue weighted by Crippen LogP contribution is 2.31. The van der Waals surface area contributed by atoms with Crippen molar-refractivity contribution >= 4 is 35.2 Å². The van der Waals surface area contributed by atoms with Crippen LogP contribution in [0.3, 0.4) is 0 Å². The maximum atomic E-state index is 13.6. The van der Waals surface area contributed by atoms with Gasteiger partial charge in [0.25, 0.3) is 5.91 Å². The zero-order chi connectivity index (χ0) is 27.4.